The molecule has 0 saturated carbocycles. The molecular formula is C14H21Cl2FN2O2. The van der Waals surface area contributed by atoms with Gasteiger partial charge in [0.15, 0.2) is 6.61 Å². The van der Waals surface area contributed by atoms with Crippen molar-refractivity contribution in [1.29, 1.82) is 0 Å². The van der Waals surface area contributed by atoms with Crippen molar-refractivity contribution in [3.8, 4) is 5.75 Å². The predicted octanol–water partition coefficient (Wildman–Crippen LogP) is 2.91. The van der Waals surface area contributed by atoms with E-state index in [9.17, 15) is 9.18 Å². The summed E-state index contributed by atoms with van der Waals surface area (Å²) in [7, 11) is 0. The number of ether oxygens (including phenoxy) is 1. The first-order valence-corrected chi connectivity index (χ1v) is 7.01. The molecule has 21 heavy (non-hydrogen) atoms. The molecule has 1 unspecified atom stereocenters. The average Bonchev–Trinajstić information content (AvgIpc) is 2.42. The summed E-state index contributed by atoms with van der Waals surface area (Å²) < 4.78 is 18.1. The number of halogens is 3. The van der Waals surface area contributed by atoms with Crippen LogP contribution in [0, 0.1) is 5.82 Å². The first kappa shape index (κ1) is 20.0. The van der Waals surface area contributed by atoms with E-state index in [-0.39, 0.29) is 41.7 Å². The average molecular weight is 339 g/mol. The molecule has 0 fully saturated rings. The molecule has 0 heterocycles. The molecule has 0 aliphatic rings. The molecule has 4 nitrogen and oxygen atoms in total. The number of carbonyl (C=O) groups is 1. The quantitative estimate of drug-likeness (QED) is 0.765. The Balaban J connectivity index is 0.00000400. The van der Waals surface area contributed by atoms with Crippen LogP contribution in [0.1, 0.15) is 26.2 Å². The van der Waals surface area contributed by atoms with E-state index in [0.717, 1.165) is 25.3 Å². The van der Waals surface area contributed by atoms with E-state index in [1.807, 2.05) is 0 Å². The molecule has 0 aliphatic heterocycles. The Morgan fingerprint density at radius 1 is 1.52 bits per heavy atom. The Morgan fingerprint density at radius 2 is 2.24 bits per heavy atom. The number of amides is 1. The largest absolute Gasteiger partial charge is 0.482 e. The molecule has 0 spiro atoms. The van der Waals surface area contributed by atoms with Crippen molar-refractivity contribution >= 4 is 29.9 Å². The molecule has 0 bridgehead atoms. The summed E-state index contributed by atoms with van der Waals surface area (Å²) in [6.45, 7) is 2.30. The van der Waals surface area contributed by atoms with Gasteiger partial charge in [-0.05, 0) is 24.6 Å². The van der Waals surface area contributed by atoms with Gasteiger partial charge in [0.1, 0.15) is 11.6 Å². The zero-order valence-corrected chi connectivity index (χ0v) is 13.5. The second kappa shape index (κ2) is 10.7. The smallest absolute Gasteiger partial charge is 0.258 e. The summed E-state index contributed by atoms with van der Waals surface area (Å²) >= 11 is 5.80. The monoisotopic (exact) mass is 338 g/mol. The maximum Gasteiger partial charge on any atom is 0.258 e. The number of hydrogen-bond acceptors (Lipinski definition) is 3. The SMILES string of the molecule is CCCCC(CN)NC(=O)COc1ccc(F)cc1Cl.Cl. The Morgan fingerprint density at radius 3 is 2.81 bits per heavy atom. The summed E-state index contributed by atoms with van der Waals surface area (Å²) in [5.74, 6) is -0.437. The minimum atomic E-state index is -0.449. The summed E-state index contributed by atoms with van der Waals surface area (Å²) in [4.78, 5) is 11.7. The molecule has 120 valence electrons. The van der Waals surface area contributed by atoms with E-state index in [1.54, 1.807) is 0 Å². The van der Waals surface area contributed by atoms with Crippen LogP contribution >= 0.6 is 24.0 Å². The number of carbonyl (C=O) groups excluding carboxylic acids is 1. The van der Waals surface area contributed by atoms with Gasteiger partial charge in [0.05, 0.1) is 5.02 Å². The van der Waals surface area contributed by atoms with Gasteiger partial charge >= 0.3 is 0 Å². The Hall–Kier alpha value is -1.04. The molecule has 0 aliphatic carbocycles. The number of rotatable bonds is 8. The van der Waals surface area contributed by atoms with Crippen molar-refractivity contribution in [2.75, 3.05) is 13.2 Å². The van der Waals surface area contributed by atoms with Crippen molar-refractivity contribution in [1.82, 2.24) is 5.32 Å². The molecule has 3 N–H and O–H groups in total. The molecule has 1 amide bonds. The number of hydrogen-bond donors (Lipinski definition) is 2. The summed E-state index contributed by atoms with van der Waals surface area (Å²) in [5.41, 5.74) is 5.59. The zero-order valence-electron chi connectivity index (χ0n) is 11.9. The molecule has 7 heteroatoms. The molecule has 1 atom stereocenters. The highest BCUT2D eigenvalue weighted by Gasteiger charge is 2.11. The fraction of sp³-hybridized carbons (Fsp3) is 0.500. The highest BCUT2D eigenvalue weighted by molar-refractivity contribution is 6.32. The second-order valence-corrected chi connectivity index (χ2v) is 4.91. The molecule has 0 aromatic heterocycles. The van der Waals surface area contributed by atoms with Crippen LogP contribution in [0.4, 0.5) is 4.39 Å². The van der Waals surface area contributed by atoms with E-state index in [2.05, 4.69) is 12.2 Å². The fourth-order valence-electron chi connectivity index (χ4n) is 1.70. The van der Waals surface area contributed by atoms with Gasteiger partial charge in [0.25, 0.3) is 5.91 Å². The Labute approximate surface area is 135 Å². The third kappa shape index (κ3) is 7.50. The van der Waals surface area contributed by atoms with Crippen LogP contribution in [0.25, 0.3) is 0 Å². The molecule has 0 saturated heterocycles. The number of nitrogens with two attached hydrogens (primary N) is 1. The van der Waals surface area contributed by atoms with E-state index in [1.165, 1.54) is 12.1 Å². The summed E-state index contributed by atoms with van der Waals surface area (Å²) in [5, 5.41) is 2.93. The highest BCUT2D eigenvalue weighted by Crippen LogP contribution is 2.24. The first-order valence-electron chi connectivity index (χ1n) is 6.64. The van der Waals surface area contributed by atoms with Gasteiger partial charge < -0.3 is 15.8 Å². The van der Waals surface area contributed by atoms with Gasteiger partial charge in [0.2, 0.25) is 0 Å². The third-order valence-electron chi connectivity index (χ3n) is 2.81. The van der Waals surface area contributed by atoms with Crippen LogP contribution in [0.3, 0.4) is 0 Å². The van der Waals surface area contributed by atoms with Crippen molar-refractivity contribution < 1.29 is 13.9 Å². The maximum absolute atomic E-state index is 12.8. The number of benzene rings is 1. The minimum absolute atomic E-state index is 0. The third-order valence-corrected chi connectivity index (χ3v) is 3.10. The lowest BCUT2D eigenvalue weighted by Crippen LogP contribution is -2.42. The van der Waals surface area contributed by atoms with Crippen molar-refractivity contribution in [3.63, 3.8) is 0 Å². The van der Waals surface area contributed by atoms with E-state index < -0.39 is 5.82 Å². The van der Waals surface area contributed by atoms with Crippen molar-refractivity contribution in [3.05, 3.63) is 29.0 Å². The Bertz CT molecular complexity index is 447. The lowest BCUT2D eigenvalue weighted by atomic mass is 10.1. The second-order valence-electron chi connectivity index (χ2n) is 4.51. The zero-order chi connectivity index (χ0) is 15.0. The number of unbranched alkanes of at least 4 members (excludes halogenated alkanes) is 1. The first-order chi connectivity index (χ1) is 9.56. The van der Waals surface area contributed by atoms with Crippen LogP contribution in [-0.4, -0.2) is 25.1 Å². The van der Waals surface area contributed by atoms with Crippen LogP contribution < -0.4 is 15.8 Å². The standard InChI is InChI=1S/C14H20ClFN2O2.ClH/c1-2-3-4-11(8-17)18-14(19)9-20-13-6-5-10(16)7-12(13)15;/h5-7,11H,2-4,8-9,17H2,1H3,(H,18,19);1H. The Kier molecular flexibility index (Phi) is 10.1. The van der Waals surface area contributed by atoms with Crippen LogP contribution in [0.2, 0.25) is 5.02 Å². The topological polar surface area (TPSA) is 64.3 Å². The van der Waals surface area contributed by atoms with Gasteiger partial charge in [-0.1, -0.05) is 31.4 Å². The molecule has 1 rings (SSSR count). The molecule has 1 aromatic carbocycles. The van der Waals surface area contributed by atoms with Gasteiger partial charge in [-0.15, -0.1) is 12.4 Å². The lowest BCUT2D eigenvalue weighted by Gasteiger charge is -2.16. The molecule has 1 aromatic rings. The summed E-state index contributed by atoms with van der Waals surface area (Å²) in [6, 6.07) is 3.71. The highest BCUT2D eigenvalue weighted by atomic mass is 35.5. The molecule has 0 radical (unpaired) electrons. The maximum atomic E-state index is 12.8. The van der Waals surface area contributed by atoms with Gasteiger partial charge in [-0.2, -0.15) is 0 Å². The van der Waals surface area contributed by atoms with Gasteiger partial charge in [-0.3, -0.25) is 4.79 Å². The van der Waals surface area contributed by atoms with E-state index in [0.29, 0.717) is 6.54 Å². The number of nitrogens with one attached hydrogen (secondary N) is 1. The summed E-state index contributed by atoms with van der Waals surface area (Å²) in [6.07, 6.45) is 2.90. The normalized spacial score (nSPS) is 11.4. The van der Waals surface area contributed by atoms with Crippen LogP contribution in [0.5, 0.6) is 5.75 Å². The fourth-order valence-corrected chi connectivity index (χ4v) is 1.93. The van der Waals surface area contributed by atoms with E-state index in [4.69, 9.17) is 22.1 Å². The van der Waals surface area contributed by atoms with Crippen molar-refractivity contribution in [2.24, 2.45) is 5.73 Å². The van der Waals surface area contributed by atoms with Gasteiger partial charge in [-0.25, -0.2) is 4.39 Å². The molecular weight excluding hydrogens is 318 g/mol. The van der Waals surface area contributed by atoms with Gasteiger partial charge in [0, 0.05) is 12.6 Å². The van der Waals surface area contributed by atoms with E-state index >= 15 is 0 Å². The van der Waals surface area contributed by atoms with Crippen LogP contribution in [0.15, 0.2) is 18.2 Å². The predicted molar refractivity (Wildman–Crippen MR) is 84.7 cm³/mol. The van der Waals surface area contributed by atoms with Crippen LogP contribution in [-0.2, 0) is 4.79 Å². The lowest BCUT2D eigenvalue weighted by molar-refractivity contribution is -0.123. The van der Waals surface area contributed by atoms with Crippen molar-refractivity contribution in [2.45, 2.75) is 32.2 Å². The minimum Gasteiger partial charge on any atom is -0.482 e.